The minimum absolute atomic E-state index is 0.0242. The van der Waals surface area contributed by atoms with E-state index in [0.717, 1.165) is 17.7 Å². The van der Waals surface area contributed by atoms with Crippen molar-refractivity contribution in [2.45, 2.75) is 50.7 Å². The molecule has 4 aromatic rings. The van der Waals surface area contributed by atoms with E-state index in [9.17, 15) is 37.1 Å². The summed E-state index contributed by atoms with van der Waals surface area (Å²) >= 11 is 0. The number of amides is 2. The highest BCUT2D eigenvalue weighted by Gasteiger charge is 2.38. The van der Waals surface area contributed by atoms with Crippen molar-refractivity contribution in [3.05, 3.63) is 142 Å². The topological polar surface area (TPSA) is 98.7 Å². The highest BCUT2D eigenvalue weighted by molar-refractivity contribution is 6.00. The van der Waals surface area contributed by atoms with Gasteiger partial charge in [0.05, 0.1) is 23.8 Å². The van der Waals surface area contributed by atoms with E-state index in [4.69, 9.17) is 0 Å². The summed E-state index contributed by atoms with van der Waals surface area (Å²) in [7, 11) is 0. The molecule has 1 heterocycles. The van der Waals surface area contributed by atoms with Crippen molar-refractivity contribution in [2.24, 2.45) is 5.92 Å². The molecule has 1 aliphatic rings. The number of Topliss-reactive ketones (excluding diaryl/α,β-unsaturated/α-hetero) is 1. The molecule has 49 heavy (non-hydrogen) atoms. The molecule has 11 heteroatoms. The number of alkyl halides is 3. The fraction of sp³-hybridized carbons (Fsp3) is 0.289. The normalized spacial score (nSPS) is 17.4. The van der Waals surface area contributed by atoms with Gasteiger partial charge in [0.1, 0.15) is 11.6 Å². The van der Waals surface area contributed by atoms with Crippen molar-refractivity contribution >= 4 is 17.6 Å². The number of nitrogens with one attached hydrogen (secondary N) is 2. The summed E-state index contributed by atoms with van der Waals surface area (Å²) in [6.45, 7) is 1.71. The molecule has 0 saturated carbocycles. The van der Waals surface area contributed by atoms with Crippen LogP contribution in [0.1, 0.15) is 62.4 Å². The van der Waals surface area contributed by atoms with E-state index in [-0.39, 0.29) is 54.8 Å². The predicted octanol–water partition coefficient (Wildman–Crippen LogP) is 6.13. The molecule has 0 aliphatic carbocycles. The third kappa shape index (κ3) is 9.18. The van der Waals surface area contributed by atoms with Gasteiger partial charge in [-0.15, -0.1) is 0 Å². The molecule has 1 fully saturated rings. The highest BCUT2D eigenvalue weighted by Crippen LogP contribution is 2.37. The summed E-state index contributed by atoms with van der Waals surface area (Å²) in [5.74, 6) is -1.77. The van der Waals surface area contributed by atoms with Gasteiger partial charge in [0.25, 0.3) is 11.8 Å². The van der Waals surface area contributed by atoms with Gasteiger partial charge in [0, 0.05) is 36.7 Å². The summed E-state index contributed by atoms with van der Waals surface area (Å²) in [6, 6.07) is 24.8. The first kappa shape index (κ1) is 35.4. The Morgan fingerprint density at radius 1 is 0.878 bits per heavy atom. The largest absolute Gasteiger partial charge is 0.416 e. The van der Waals surface area contributed by atoms with Crippen LogP contribution in [0.3, 0.4) is 0 Å². The van der Waals surface area contributed by atoms with E-state index in [1.54, 1.807) is 41.3 Å². The van der Waals surface area contributed by atoms with Gasteiger partial charge in [-0.2, -0.15) is 13.2 Å². The molecule has 4 aromatic carbocycles. The fourth-order valence-electron chi connectivity index (χ4n) is 6.08. The molecule has 4 atom stereocenters. The van der Waals surface area contributed by atoms with E-state index < -0.39 is 41.7 Å². The lowest BCUT2D eigenvalue weighted by atomic mass is 9.97. The zero-order valence-electron chi connectivity index (χ0n) is 26.8. The Balaban J connectivity index is 1.30. The zero-order chi connectivity index (χ0) is 35.1. The van der Waals surface area contributed by atoms with Crippen LogP contribution in [0.5, 0.6) is 0 Å². The van der Waals surface area contributed by atoms with Crippen molar-refractivity contribution in [1.82, 2.24) is 15.5 Å². The molecule has 3 N–H and O–H groups in total. The van der Waals surface area contributed by atoms with E-state index in [0.29, 0.717) is 17.5 Å². The van der Waals surface area contributed by atoms with E-state index in [2.05, 4.69) is 10.6 Å². The number of aliphatic hydroxyl groups excluding tert-OH is 1. The van der Waals surface area contributed by atoms with Crippen LogP contribution in [0, 0.1) is 11.7 Å². The summed E-state index contributed by atoms with van der Waals surface area (Å²) in [6.07, 6.45) is -4.94. The molecule has 1 saturated heterocycles. The van der Waals surface area contributed by atoms with Gasteiger partial charge in [-0.3, -0.25) is 14.4 Å². The first-order valence-electron chi connectivity index (χ1n) is 16.0. The van der Waals surface area contributed by atoms with E-state index in [1.807, 2.05) is 30.3 Å². The van der Waals surface area contributed by atoms with Crippen molar-refractivity contribution < 1.29 is 37.1 Å². The van der Waals surface area contributed by atoms with Gasteiger partial charge >= 0.3 is 6.18 Å². The fourth-order valence-corrected chi connectivity index (χ4v) is 6.08. The molecule has 0 radical (unpaired) electrons. The average Bonchev–Trinajstić information content (AvgIpc) is 3.54. The summed E-state index contributed by atoms with van der Waals surface area (Å²) in [4.78, 5) is 41.3. The summed E-state index contributed by atoms with van der Waals surface area (Å²) in [5, 5.41) is 17.0. The quantitative estimate of drug-likeness (QED) is 0.157. The number of rotatable bonds is 12. The highest BCUT2D eigenvalue weighted by atomic mass is 19.4. The van der Waals surface area contributed by atoms with Crippen molar-refractivity contribution in [1.29, 1.82) is 0 Å². The maximum absolute atomic E-state index is 13.8. The number of aliphatic hydroxyl groups is 1. The van der Waals surface area contributed by atoms with Gasteiger partial charge < -0.3 is 20.6 Å². The molecular weight excluding hydrogens is 638 g/mol. The third-order valence-electron chi connectivity index (χ3n) is 8.78. The number of nitrogens with zero attached hydrogens (tertiary/aromatic N) is 1. The van der Waals surface area contributed by atoms with Gasteiger partial charge in [-0.05, 0) is 72.9 Å². The molecule has 0 aromatic heterocycles. The van der Waals surface area contributed by atoms with E-state index >= 15 is 0 Å². The Morgan fingerprint density at radius 2 is 1.55 bits per heavy atom. The molecule has 0 bridgehead atoms. The molecule has 7 nitrogen and oxygen atoms in total. The lowest BCUT2D eigenvalue weighted by molar-refractivity contribution is -0.137. The first-order chi connectivity index (χ1) is 23.4. The third-order valence-corrected chi connectivity index (χ3v) is 8.78. The first-order valence-corrected chi connectivity index (χ1v) is 16.0. The maximum Gasteiger partial charge on any atom is 0.416 e. The molecule has 1 aliphatic heterocycles. The van der Waals surface area contributed by atoms with Gasteiger partial charge in [-0.25, -0.2) is 4.39 Å². The van der Waals surface area contributed by atoms with Gasteiger partial charge in [0.2, 0.25) is 0 Å². The van der Waals surface area contributed by atoms with Crippen LogP contribution in [-0.4, -0.2) is 52.8 Å². The molecule has 256 valence electrons. The molecular formula is C38H37F4N3O4. The number of benzene rings is 4. The number of likely N-dealkylation sites (tertiary alicyclic amines) is 1. The second-order valence-electron chi connectivity index (χ2n) is 12.3. The Bertz CT molecular complexity index is 1770. The lowest BCUT2D eigenvalue weighted by Crippen LogP contribution is -2.48. The number of hydrogen-bond donors (Lipinski definition) is 3. The number of hydrogen-bond acceptors (Lipinski definition) is 5. The standard InChI is InChI=1S/C38H37F4N3O4/c1-24(46)30-20-34(27-13-15-32(39)16-14-27)45(23-30)37(49)29-11-6-10-28(19-29)36(48)44-33(18-25-7-3-2-4-8-25)35(47)22-43-21-26-9-5-12-31(17-26)38(40,41)42/h2-17,19,30,33-35,43,47H,18,20-23H2,1H3,(H,44,48). The van der Waals surface area contributed by atoms with Crippen LogP contribution in [0.25, 0.3) is 0 Å². The summed E-state index contributed by atoms with van der Waals surface area (Å²) in [5.41, 5.74) is 1.57. The van der Waals surface area contributed by atoms with Crippen LogP contribution in [0.2, 0.25) is 0 Å². The predicted molar refractivity (Wildman–Crippen MR) is 176 cm³/mol. The minimum Gasteiger partial charge on any atom is -0.390 e. The Kier molecular flexibility index (Phi) is 11.3. The van der Waals surface area contributed by atoms with Gasteiger partial charge in [-0.1, -0.05) is 66.7 Å². The number of carbonyl (C=O) groups is 3. The Hall–Kier alpha value is -4.87. The van der Waals surface area contributed by atoms with Crippen LogP contribution >= 0.6 is 0 Å². The smallest absolute Gasteiger partial charge is 0.390 e. The lowest BCUT2D eigenvalue weighted by Gasteiger charge is -2.26. The number of ketones is 1. The average molecular weight is 676 g/mol. The summed E-state index contributed by atoms with van der Waals surface area (Å²) < 4.78 is 53.1. The van der Waals surface area contributed by atoms with Crippen LogP contribution in [-0.2, 0) is 23.9 Å². The zero-order valence-corrected chi connectivity index (χ0v) is 26.8. The van der Waals surface area contributed by atoms with E-state index in [1.165, 1.54) is 31.2 Å². The minimum atomic E-state index is -4.47. The van der Waals surface area contributed by atoms with Gasteiger partial charge in [0.15, 0.2) is 0 Å². The SMILES string of the molecule is CC(=O)C1CC(c2ccc(F)cc2)N(C(=O)c2cccc(C(=O)NC(Cc3ccccc3)C(O)CNCc3cccc(C(F)(F)F)c3)c2)C1. The van der Waals surface area contributed by atoms with Crippen LogP contribution in [0.15, 0.2) is 103 Å². The maximum atomic E-state index is 13.8. The molecule has 2 amide bonds. The second-order valence-corrected chi connectivity index (χ2v) is 12.3. The number of halogens is 4. The van der Waals surface area contributed by atoms with Crippen LogP contribution < -0.4 is 10.6 Å². The Morgan fingerprint density at radius 3 is 2.24 bits per heavy atom. The van der Waals surface area contributed by atoms with Crippen LogP contribution in [0.4, 0.5) is 17.6 Å². The molecule has 0 spiro atoms. The molecule has 5 rings (SSSR count). The molecule has 4 unspecified atom stereocenters. The Labute approximate surface area is 282 Å². The van der Waals surface area contributed by atoms with Crippen molar-refractivity contribution in [3.63, 3.8) is 0 Å². The number of carbonyl (C=O) groups excluding carboxylic acids is 3. The van der Waals surface area contributed by atoms with Crippen molar-refractivity contribution in [2.75, 3.05) is 13.1 Å². The second kappa shape index (κ2) is 15.6. The van der Waals surface area contributed by atoms with Crippen molar-refractivity contribution in [3.8, 4) is 0 Å². The monoisotopic (exact) mass is 675 g/mol.